The fourth-order valence-corrected chi connectivity index (χ4v) is 2.03. The van der Waals surface area contributed by atoms with Gasteiger partial charge >= 0.3 is 0 Å². The number of amides is 1. The highest BCUT2D eigenvalue weighted by Crippen LogP contribution is 2.29. The molecule has 2 aromatic rings. The quantitative estimate of drug-likeness (QED) is 0.775. The third-order valence-corrected chi connectivity index (χ3v) is 3.30. The van der Waals surface area contributed by atoms with Crippen LogP contribution in [0.1, 0.15) is 29.8 Å². The molecule has 0 spiro atoms. The third-order valence-electron chi connectivity index (χ3n) is 3.30. The van der Waals surface area contributed by atoms with Gasteiger partial charge in [0, 0.05) is 24.0 Å². The molecule has 1 aromatic heterocycles. The Labute approximate surface area is 141 Å². The number of benzene rings is 1. The lowest BCUT2D eigenvalue weighted by Gasteiger charge is -2.15. The Morgan fingerprint density at radius 1 is 1.21 bits per heavy atom. The molecule has 0 aliphatic rings. The Bertz CT molecular complexity index is 661. The van der Waals surface area contributed by atoms with E-state index < -0.39 is 0 Å². The van der Waals surface area contributed by atoms with Gasteiger partial charge in [0.2, 0.25) is 0 Å². The van der Waals surface area contributed by atoms with Gasteiger partial charge in [-0.2, -0.15) is 0 Å². The van der Waals surface area contributed by atoms with Crippen molar-refractivity contribution in [2.75, 3.05) is 13.2 Å². The lowest BCUT2D eigenvalue weighted by molar-refractivity contribution is 0.0921. The molecule has 0 aliphatic heterocycles. The summed E-state index contributed by atoms with van der Waals surface area (Å²) in [5, 5.41) is 11.7. The van der Waals surface area contributed by atoms with E-state index >= 15 is 0 Å². The third kappa shape index (κ3) is 4.96. The van der Waals surface area contributed by atoms with Crippen LogP contribution in [0.5, 0.6) is 11.5 Å². The summed E-state index contributed by atoms with van der Waals surface area (Å²) in [6.45, 7) is 4.33. The van der Waals surface area contributed by atoms with Crippen LogP contribution >= 0.6 is 0 Å². The summed E-state index contributed by atoms with van der Waals surface area (Å²) in [4.78, 5) is 16.1. The van der Waals surface area contributed by atoms with Gasteiger partial charge in [0.05, 0.1) is 13.2 Å². The Hall–Kier alpha value is -2.60. The summed E-state index contributed by atoms with van der Waals surface area (Å²) in [6, 6.07) is 8.46. The SMILES string of the molecule is CCOc1cc(C(=O)N[C@H](C)CO)ccc1OCc1ccncc1. The number of nitrogens with zero attached hydrogens (tertiary/aromatic N) is 1. The van der Waals surface area contributed by atoms with Gasteiger partial charge in [0.15, 0.2) is 11.5 Å². The van der Waals surface area contributed by atoms with Crippen LogP contribution in [0.4, 0.5) is 0 Å². The molecular weight excluding hydrogens is 308 g/mol. The van der Waals surface area contributed by atoms with E-state index in [1.807, 2.05) is 19.1 Å². The van der Waals surface area contributed by atoms with Crippen molar-refractivity contribution >= 4 is 5.91 Å². The summed E-state index contributed by atoms with van der Waals surface area (Å²) >= 11 is 0. The first kappa shape index (κ1) is 17.7. The van der Waals surface area contributed by atoms with E-state index in [4.69, 9.17) is 14.6 Å². The molecule has 0 radical (unpaired) electrons. The van der Waals surface area contributed by atoms with Crippen molar-refractivity contribution in [3.8, 4) is 11.5 Å². The van der Waals surface area contributed by atoms with E-state index in [-0.39, 0.29) is 18.6 Å². The molecule has 6 heteroatoms. The lowest BCUT2D eigenvalue weighted by atomic mass is 10.1. The number of aliphatic hydroxyl groups is 1. The first-order valence-electron chi connectivity index (χ1n) is 7.84. The first-order chi connectivity index (χ1) is 11.6. The summed E-state index contributed by atoms with van der Waals surface area (Å²) < 4.78 is 11.4. The van der Waals surface area contributed by atoms with Gasteiger partial charge in [-0.15, -0.1) is 0 Å². The molecule has 0 fully saturated rings. The van der Waals surface area contributed by atoms with Crippen molar-refractivity contribution in [2.24, 2.45) is 0 Å². The van der Waals surface area contributed by atoms with E-state index in [0.717, 1.165) is 5.56 Å². The topological polar surface area (TPSA) is 80.7 Å². The lowest BCUT2D eigenvalue weighted by Crippen LogP contribution is -2.34. The van der Waals surface area contributed by atoms with Gasteiger partial charge < -0.3 is 19.9 Å². The van der Waals surface area contributed by atoms with Gasteiger partial charge in [-0.3, -0.25) is 9.78 Å². The second-order valence-corrected chi connectivity index (χ2v) is 5.30. The van der Waals surface area contributed by atoms with Crippen LogP contribution in [0.15, 0.2) is 42.7 Å². The number of hydrogen-bond acceptors (Lipinski definition) is 5. The Morgan fingerprint density at radius 2 is 1.96 bits per heavy atom. The average Bonchev–Trinajstić information content (AvgIpc) is 2.61. The number of aliphatic hydroxyl groups excluding tert-OH is 1. The van der Waals surface area contributed by atoms with Gasteiger partial charge in [-0.1, -0.05) is 0 Å². The minimum Gasteiger partial charge on any atom is -0.490 e. The highest BCUT2D eigenvalue weighted by Gasteiger charge is 2.13. The standard InChI is InChI=1S/C18H22N2O4/c1-3-23-17-10-15(18(22)20-13(2)11-21)4-5-16(17)24-12-14-6-8-19-9-7-14/h4-10,13,21H,3,11-12H2,1-2H3,(H,20,22)/t13-/m1/s1. The summed E-state index contributed by atoms with van der Waals surface area (Å²) in [5.41, 5.74) is 1.45. The fourth-order valence-electron chi connectivity index (χ4n) is 2.03. The monoisotopic (exact) mass is 330 g/mol. The second-order valence-electron chi connectivity index (χ2n) is 5.30. The Balaban J connectivity index is 2.12. The van der Waals surface area contributed by atoms with Crippen LogP contribution in [0, 0.1) is 0 Å². The maximum absolute atomic E-state index is 12.1. The minimum atomic E-state index is -0.310. The molecule has 2 N–H and O–H groups in total. The molecule has 0 unspecified atom stereocenters. The van der Waals surface area contributed by atoms with Crippen molar-refractivity contribution in [3.63, 3.8) is 0 Å². The second kappa shape index (κ2) is 8.88. The molecule has 2 rings (SSSR count). The van der Waals surface area contributed by atoms with Crippen molar-refractivity contribution in [1.29, 1.82) is 0 Å². The van der Waals surface area contributed by atoms with Crippen LogP contribution in [0.3, 0.4) is 0 Å². The predicted octanol–water partition coefficient (Wildman–Crippen LogP) is 2.17. The smallest absolute Gasteiger partial charge is 0.251 e. The molecule has 1 aromatic carbocycles. The number of carbonyl (C=O) groups is 1. The molecular formula is C18H22N2O4. The highest BCUT2D eigenvalue weighted by atomic mass is 16.5. The van der Waals surface area contributed by atoms with Crippen LogP contribution in [-0.4, -0.2) is 35.3 Å². The van der Waals surface area contributed by atoms with Gasteiger partial charge in [0.25, 0.3) is 5.91 Å². The zero-order chi connectivity index (χ0) is 17.4. The number of hydrogen-bond donors (Lipinski definition) is 2. The molecule has 0 saturated heterocycles. The van der Waals surface area contributed by atoms with Crippen molar-refractivity contribution in [2.45, 2.75) is 26.5 Å². The number of ether oxygens (including phenoxy) is 2. The summed E-state index contributed by atoms with van der Waals surface area (Å²) in [6.07, 6.45) is 3.41. The molecule has 24 heavy (non-hydrogen) atoms. The molecule has 1 heterocycles. The van der Waals surface area contributed by atoms with E-state index in [0.29, 0.717) is 30.3 Å². The molecule has 128 valence electrons. The molecule has 0 aliphatic carbocycles. The highest BCUT2D eigenvalue weighted by molar-refractivity contribution is 5.95. The number of nitrogens with one attached hydrogen (secondary N) is 1. The van der Waals surface area contributed by atoms with E-state index in [1.54, 1.807) is 37.5 Å². The maximum Gasteiger partial charge on any atom is 0.251 e. The normalized spacial score (nSPS) is 11.6. The number of rotatable bonds is 8. The van der Waals surface area contributed by atoms with Crippen LogP contribution < -0.4 is 14.8 Å². The number of pyridine rings is 1. The van der Waals surface area contributed by atoms with Gasteiger partial charge in [0.1, 0.15) is 6.61 Å². The van der Waals surface area contributed by atoms with Crippen molar-refractivity contribution < 1.29 is 19.4 Å². The Morgan fingerprint density at radius 3 is 2.62 bits per heavy atom. The maximum atomic E-state index is 12.1. The molecule has 0 saturated carbocycles. The Kier molecular flexibility index (Phi) is 6.57. The van der Waals surface area contributed by atoms with E-state index in [2.05, 4.69) is 10.3 Å². The van der Waals surface area contributed by atoms with Crippen molar-refractivity contribution in [1.82, 2.24) is 10.3 Å². The first-order valence-corrected chi connectivity index (χ1v) is 7.84. The van der Waals surface area contributed by atoms with E-state index in [1.165, 1.54) is 0 Å². The van der Waals surface area contributed by atoms with Gasteiger partial charge in [-0.05, 0) is 49.7 Å². The fraction of sp³-hybridized carbons (Fsp3) is 0.333. The summed E-state index contributed by atoms with van der Waals surface area (Å²) in [5.74, 6) is 0.814. The number of carbonyl (C=O) groups excluding carboxylic acids is 1. The molecule has 6 nitrogen and oxygen atoms in total. The summed E-state index contributed by atoms with van der Waals surface area (Å²) in [7, 11) is 0. The molecule has 1 amide bonds. The van der Waals surface area contributed by atoms with Crippen LogP contribution in [0.2, 0.25) is 0 Å². The predicted molar refractivity (Wildman–Crippen MR) is 90.2 cm³/mol. The largest absolute Gasteiger partial charge is 0.490 e. The van der Waals surface area contributed by atoms with Gasteiger partial charge in [-0.25, -0.2) is 0 Å². The molecule has 1 atom stereocenters. The van der Waals surface area contributed by atoms with E-state index in [9.17, 15) is 4.79 Å². The average molecular weight is 330 g/mol. The molecule has 0 bridgehead atoms. The van der Waals surface area contributed by atoms with Crippen LogP contribution in [-0.2, 0) is 6.61 Å². The zero-order valence-electron chi connectivity index (χ0n) is 13.9. The van der Waals surface area contributed by atoms with Crippen molar-refractivity contribution in [3.05, 3.63) is 53.9 Å². The zero-order valence-corrected chi connectivity index (χ0v) is 13.9. The number of aromatic nitrogens is 1. The van der Waals surface area contributed by atoms with Crippen LogP contribution in [0.25, 0.3) is 0 Å². The minimum absolute atomic E-state index is 0.114.